The molecule has 5 nitrogen and oxygen atoms in total. The van der Waals surface area contributed by atoms with Crippen molar-refractivity contribution in [3.8, 4) is 0 Å². The SMILES string of the molecule is CCc1cccc(C)c1NC(=O)c1cccc(C(=O)NC(C)CC)n1. The van der Waals surface area contributed by atoms with Crippen molar-refractivity contribution in [3.63, 3.8) is 0 Å². The van der Waals surface area contributed by atoms with Gasteiger partial charge in [-0.1, -0.05) is 38.1 Å². The summed E-state index contributed by atoms with van der Waals surface area (Å²) < 4.78 is 0. The number of amides is 2. The molecule has 0 spiro atoms. The van der Waals surface area contributed by atoms with Crippen LogP contribution >= 0.6 is 0 Å². The van der Waals surface area contributed by atoms with Gasteiger partial charge in [0.2, 0.25) is 0 Å². The van der Waals surface area contributed by atoms with E-state index >= 15 is 0 Å². The Hall–Kier alpha value is -2.69. The van der Waals surface area contributed by atoms with Crippen LogP contribution in [0.3, 0.4) is 0 Å². The molecule has 2 amide bonds. The van der Waals surface area contributed by atoms with Crippen molar-refractivity contribution in [2.75, 3.05) is 5.32 Å². The third-order valence-electron chi connectivity index (χ3n) is 4.18. The molecule has 0 aliphatic carbocycles. The van der Waals surface area contributed by atoms with Crippen molar-refractivity contribution in [2.45, 2.75) is 46.6 Å². The molecule has 2 rings (SSSR count). The van der Waals surface area contributed by atoms with Gasteiger partial charge >= 0.3 is 0 Å². The number of aryl methyl sites for hydroxylation is 2. The monoisotopic (exact) mass is 339 g/mol. The summed E-state index contributed by atoms with van der Waals surface area (Å²) in [5.74, 6) is -0.587. The van der Waals surface area contributed by atoms with Gasteiger partial charge in [0.05, 0.1) is 0 Å². The number of nitrogens with one attached hydrogen (secondary N) is 2. The van der Waals surface area contributed by atoms with Crippen LogP contribution < -0.4 is 10.6 Å². The molecule has 1 atom stereocenters. The molecule has 1 heterocycles. The van der Waals surface area contributed by atoms with Gasteiger partial charge in [0.15, 0.2) is 0 Å². The molecule has 0 radical (unpaired) electrons. The largest absolute Gasteiger partial charge is 0.348 e. The molecule has 0 fully saturated rings. The highest BCUT2D eigenvalue weighted by molar-refractivity contribution is 6.04. The van der Waals surface area contributed by atoms with Crippen LogP contribution in [0.5, 0.6) is 0 Å². The lowest BCUT2D eigenvalue weighted by Gasteiger charge is -2.13. The van der Waals surface area contributed by atoms with Gasteiger partial charge in [0.1, 0.15) is 11.4 Å². The molecule has 1 aromatic heterocycles. The van der Waals surface area contributed by atoms with E-state index in [1.807, 2.05) is 45.9 Å². The Morgan fingerprint density at radius 1 is 1.04 bits per heavy atom. The number of carbonyl (C=O) groups excluding carboxylic acids is 2. The Kier molecular flexibility index (Phi) is 6.28. The summed E-state index contributed by atoms with van der Waals surface area (Å²) in [5, 5.41) is 5.79. The van der Waals surface area contributed by atoms with Crippen molar-refractivity contribution >= 4 is 17.5 Å². The molecule has 0 saturated heterocycles. The molecule has 5 heteroatoms. The van der Waals surface area contributed by atoms with Gasteiger partial charge in [-0.3, -0.25) is 9.59 Å². The third-order valence-corrected chi connectivity index (χ3v) is 4.18. The number of rotatable bonds is 6. The van der Waals surface area contributed by atoms with E-state index in [0.717, 1.165) is 29.7 Å². The number of carbonyl (C=O) groups is 2. The van der Waals surface area contributed by atoms with Crippen molar-refractivity contribution in [3.05, 3.63) is 58.9 Å². The van der Waals surface area contributed by atoms with E-state index in [4.69, 9.17) is 0 Å². The average Bonchev–Trinajstić information content (AvgIpc) is 2.63. The highest BCUT2D eigenvalue weighted by Gasteiger charge is 2.15. The summed E-state index contributed by atoms with van der Waals surface area (Å²) in [7, 11) is 0. The maximum absolute atomic E-state index is 12.6. The number of hydrogen-bond donors (Lipinski definition) is 2. The maximum atomic E-state index is 12.6. The average molecular weight is 339 g/mol. The molecular weight excluding hydrogens is 314 g/mol. The van der Waals surface area contributed by atoms with Crippen LogP contribution in [-0.4, -0.2) is 22.8 Å². The normalized spacial score (nSPS) is 11.7. The summed E-state index contributed by atoms with van der Waals surface area (Å²) in [4.78, 5) is 29.0. The van der Waals surface area contributed by atoms with E-state index in [2.05, 4.69) is 15.6 Å². The van der Waals surface area contributed by atoms with Crippen LogP contribution in [0.25, 0.3) is 0 Å². The lowest BCUT2D eigenvalue weighted by atomic mass is 10.1. The van der Waals surface area contributed by atoms with Crippen LogP contribution in [0, 0.1) is 6.92 Å². The van der Waals surface area contributed by atoms with Crippen LogP contribution in [-0.2, 0) is 6.42 Å². The zero-order chi connectivity index (χ0) is 18.4. The summed E-state index contributed by atoms with van der Waals surface area (Å²) in [6.07, 6.45) is 1.65. The van der Waals surface area contributed by atoms with Gasteiger partial charge in [0.25, 0.3) is 11.8 Å². The number of nitrogens with zero attached hydrogens (tertiary/aromatic N) is 1. The van der Waals surface area contributed by atoms with E-state index < -0.39 is 0 Å². The van der Waals surface area contributed by atoms with Gasteiger partial charge < -0.3 is 10.6 Å². The zero-order valence-corrected chi connectivity index (χ0v) is 15.2. The third kappa shape index (κ3) is 4.66. The molecule has 0 aliphatic heterocycles. The first-order valence-electron chi connectivity index (χ1n) is 8.64. The summed E-state index contributed by atoms with van der Waals surface area (Å²) >= 11 is 0. The second-order valence-electron chi connectivity index (χ2n) is 6.11. The number of hydrogen-bond acceptors (Lipinski definition) is 3. The van der Waals surface area contributed by atoms with Crippen molar-refractivity contribution < 1.29 is 9.59 Å². The van der Waals surface area contributed by atoms with Crippen molar-refractivity contribution in [2.24, 2.45) is 0 Å². The highest BCUT2D eigenvalue weighted by atomic mass is 16.2. The van der Waals surface area contributed by atoms with Gasteiger partial charge in [-0.15, -0.1) is 0 Å². The van der Waals surface area contributed by atoms with Gasteiger partial charge in [-0.25, -0.2) is 4.98 Å². The lowest BCUT2D eigenvalue weighted by molar-refractivity contribution is 0.0934. The molecule has 2 N–H and O–H groups in total. The van der Waals surface area contributed by atoms with Crippen LogP contribution in [0.1, 0.15) is 59.3 Å². The Labute approximate surface area is 148 Å². The molecule has 1 aromatic carbocycles. The standard InChI is InChI=1S/C20H25N3O2/c1-5-14(4)21-19(24)16-11-8-12-17(22-16)20(25)23-18-13(3)9-7-10-15(18)6-2/h7-12,14H,5-6H2,1-4H3,(H,21,24)(H,23,25). The van der Waals surface area contributed by atoms with Crippen molar-refractivity contribution in [1.29, 1.82) is 0 Å². The van der Waals surface area contributed by atoms with E-state index in [9.17, 15) is 9.59 Å². The van der Waals surface area contributed by atoms with Crippen LogP contribution in [0.2, 0.25) is 0 Å². The second-order valence-corrected chi connectivity index (χ2v) is 6.11. The number of benzene rings is 1. The lowest BCUT2D eigenvalue weighted by Crippen LogP contribution is -2.32. The number of para-hydroxylation sites is 1. The minimum Gasteiger partial charge on any atom is -0.348 e. The summed E-state index contributed by atoms with van der Waals surface area (Å²) in [5.41, 5.74) is 3.35. The first kappa shape index (κ1) is 18.6. The molecule has 0 aliphatic rings. The first-order valence-corrected chi connectivity index (χ1v) is 8.64. The van der Waals surface area contributed by atoms with Gasteiger partial charge in [0, 0.05) is 11.7 Å². The number of pyridine rings is 1. The Balaban J connectivity index is 2.21. The fourth-order valence-electron chi connectivity index (χ4n) is 2.47. The predicted molar refractivity (Wildman–Crippen MR) is 100.0 cm³/mol. The molecular formula is C20H25N3O2. The first-order chi connectivity index (χ1) is 12.0. The molecule has 0 saturated carbocycles. The van der Waals surface area contributed by atoms with Gasteiger partial charge in [-0.05, 0) is 49.9 Å². The van der Waals surface area contributed by atoms with Crippen molar-refractivity contribution in [1.82, 2.24) is 10.3 Å². The molecule has 2 aromatic rings. The summed E-state index contributed by atoms with van der Waals surface area (Å²) in [6.45, 7) is 7.93. The Bertz CT molecular complexity index is 771. The molecule has 25 heavy (non-hydrogen) atoms. The second kappa shape index (κ2) is 8.42. The summed E-state index contributed by atoms with van der Waals surface area (Å²) in [6, 6.07) is 10.9. The quantitative estimate of drug-likeness (QED) is 0.842. The fourth-order valence-corrected chi connectivity index (χ4v) is 2.47. The minimum absolute atomic E-state index is 0.0610. The van der Waals surface area contributed by atoms with Crippen LogP contribution in [0.15, 0.2) is 36.4 Å². The Morgan fingerprint density at radius 2 is 1.68 bits per heavy atom. The Morgan fingerprint density at radius 3 is 2.32 bits per heavy atom. The zero-order valence-electron chi connectivity index (χ0n) is 15.2. The van der Waals surface area contributed by atoms with E-state index in [1.165, 1.54) is 0 Å². The van der Waals surface area contributed by atoms with Crippen LogP contribution in [0.4, 0.5) is 5.69 Å². The molecule has 0 bridgehead atoms. The number of anilines is 1. The molecule has 132 valence electrons. The number of aromatic nitrogens is 1. The van der Waals surface area contributed by atoms with Gasteiger partial charge in [-0.2, -0.15) is 0 Å². The van der Waals surface area contributed by atoms with E-state index in [-0.39, 0.29) is 29.2 Å². The fraction of sp³-hybridized carbons (Fsp3) is 0.350. The van der Waals surface area contributed by atoms with E-state index in [1.54, 1.807) is 18.2 Å². The predicted octanol–water partition coefficient (Wildman–Crippen LogP) is 3.73. The smallest absolute Gasteiger partial charge is 0.274 e. The minimum atomic E-state index is -0.317. The maximum Gasteiger partial charge on any atom is 0.274 e. The molecule has 1 unspecified atom stereocenters. The topological polar surface area (TPSA) is 71.1 Å². The highest BCUT2D eigenvalue weighted by Crippen LogP contribution is 2.21. The van der Waals surface area contributed by atoms with E-state index in [0.29, 0.717) is 0 Å².